The van der Waals surface area contributed by atoms with E-state index in [2.05, 4.69) is 34.7 Å². The second-order valence-corrected chi connectivity index (χ2v) is 5.99. The molecule has 0 bridgehead atoms. The van der Waals surface area contributed by atoms with Gasteiger partial charge in [-0.3, -0.25) is 4.79 Å². The molecule has 4 nitrogen and oxygen atoms in total. The summed E-state index contributed by atoms with van der Waals surface area (Å²) in [6.45, 7) is 5.74. The van der Waals surface area contributed by atoms with Crippen molar-refractivity contribution >= 4 is 21.8 Å². The summed E-state index contributed by atoms with van der Waals surface area (Å²) in [5.74, 6) is 0.0660. The molecule has 0 atom stereocenters. The second-order valence-electron chi connectivity index (χ2n) is 5.07. The molecule has 0 saturated heterocycles. The molecule has 1 heterocycles. The Labute approximate surface area is 118 Å². The maximum atomic E-state index is 12.4. The van der Waals surface area contributed by atoms with Crippen LogP contribution in [0.2, 0.25) is 0 Å². The van der Waals surface area contributed by atoms with E-state index >= 15 is 0 Å². The van der Waals surface area contributed by atoms with E-state index in [1.165, 1.54) is 0 Å². The molecule has 0 aliphatic rings. The summed E-state index contributed by atoms with van der Waals surface area (Å²) in [5.41, 5.74) is 0.734. The molecular weight excluding hydrogens is 294 g/mol. The minimum absolute atomic E-state index is 0.0660. The van der Waals surface area contributed by atoms with Gasteiger partial charge in [0.1, 0.15) is 5.69 Å². The van der Waals surface area contributed by atoms with Crippen LogP contribution in [0.3, 0.4) is 0 Å². The minimum atomic E-state index is 0.0660. The molecule has 0 aromatic carbocycles. The lowest BCUT2D eigenvalue weighted by atomic mass is 10.3. The zero-order valence-corrected chi connectivity index (χ0v) is 13.4. The maximum absolute atomic E-state index is 12.4. The Morgan fingerprint density at radius 1 is 1.33 bits per heavy atom. The lowest BCUT2D eigenvalue weighted by molar-refractivity contribution is 0.0774. The molecule has 0 saturated carbocycles. The Balaban J connectivity index is 2.83. The lowest BCUT2D eigenvalue weighted by Crippen LogP contribution is -2.34. The van der Waals surface area contributed by atoms with Crippen molar-refractivity contribution in [3.05, 3.63) is 22.4 Å². The molecule has 0 radical (unpaired) electrons. The molecule has 0 unspecified atom stereocenters. The molecule has 102 valence electrons. The number of nitrogens with zero attached hydrogens (tertiary/aromatic N) is 3. The smallest absolute Gasteiger partial charge is 0.270 e. The third-order valence-corrected chi connectivity index (χ3v) is 3.25. The molecule has 18 heavy (non-hydrogen) atoms. The van der Waals surface area contributed by atoms with Gasteiger partial charge in [-0.15, -0.1) is 0 Å². The van der Waals surface area contributed by atoms with Gasteiger partial charge in [0.15, 0.2) is 0 Å². The van der Waals surface area contributed by atoms with E-state index in [0.717, 1.165) is 23.3 Å². The van der Waals surface area contributed by atoms with Gasteiger partial charge in [-0.05, 0) is 49.9 Å². The highest BCUT2D eigenvalue weighted by Crippen LogP contribution is 2.20. The average Bonchev–Trinajstić information content (AvgIpc) is 2.67. The third-order valence-electron chi connectivity index (χ3n) is 2.82. The van der Waals surface area contributed by atoms with Crippen LogP contribution in [0.1, 0.15) is 30.4 Å². The van der Waals surface area contributed by atoms with Gasteiger partial charge in [0.25, 0.3) is 5.91 Å². The van der Waals surface area contributed by atoms with E-state index in [0.29, 0.717) is 0 Å². The number of carbonyl (C=O) groups excluding carboxylic acids is 1. The SMILES string of the molecule is CC(C)n1cc(Br)cc1C(=O)N(C)CCN(C)C. The van der Waals surface area contributed by atoms with E-state index in [9.17, 15) is 4.79 Å². The Morgan fingerprint density at radius 3 is 2.44 bits per heavy atom. The standard InChI is InChI=1S/C13H22BrN3O/c1-10(2)17-9-11(14)8-12(17)13(18)16(5)7-6-15(3)4/h8-10H,6-7H2,1-5H3. The Bertz CT molecular complexity index is 412. The number of carbonyl (C=O) groups is 1. The average molecular weight is 316 g/mol. The van der Waals surface area contributed by atoms with Crippen molar-refractivity contribution in [1.82, 2.24) is 14.4 Å². The minimum Gasteiger partial charge on any atom is -0.340 e. The van der Waals surface area contributed by atoms with Gasteiger partial charge < -0.3 is 14.4 Å². The van der Waals surface area contributed by atoms with E-state index < -0.39 is 0 Å². The van der Waals surface area contributed by atoms with E-state index in [-0.39, 0.29) is 11.9 Å². The Morgan fingerprint density at radius 2 is 1.94 bits per heavy atom. The van der Waals surface area contributed by atoms with Crippen molar-refractivity contribution in [2.24, 2.45) is 0 Å². The molecule has 5 heteroatoms. The molecule has 1 aromatic rings. The summed E-state index contributed by atoms with van der Waals surface area (Å²) >= 11 is 3.43. The molecule has 0 fully saturated rings. The van der Waals surface area contributed by atoms with Crippen LogP contribution in [0, 0.1) is 0 Å². The molecule has 0 N–H and O–H groups in total. The number of hydrogen-bond donors (Lipinski definition) is 0. The third kappa shape index (κ3) is 3.85. The monoisotopic (exact) mass is 315 g/mol. The molecule has 1 rings (SSSR count). The van der Waals surface area contributed by atoms with Crippen LogP contribution < -0.4 is 0 Å². The topological polar surface area (TPSA) is 28.5 Å². The number of aromatic nitrogens is 1. The van der Waals surface area contributed by atoms with Gasteiger partial charge in [0.05, 0.1) is 0 Å². The summed E-state index contributed by atoms with van der Waals surface area (Å²) in [7, 11) is 5.86. The molecule has 1 amide bonds. The van der Waals surface area contributed by atoms with Gasteiger partial charge in [0.2, 0.25) is 0 Å². The first kappa shape index (κ1) is 15.2. The predicted molar refractivity (Wildman–Crippen MR) is 78.0 cm³/mol. The zero-order valence-electron chi connectivity index (χ0n) is 11.8. The van der Waals surface area contributed by atoms with Crippen molar-refractivity contribution in [3.63, 3.8) is 0 Å². The highest BCUT2D eigenvalue weighted by Gasteiger charge is 2.18. The number of hydrogen-bond acceptors (Lipinski definition) is 2. The molecule has 1 aromatic heterocycles. The first-order valence-corrected chi connectivity index (χ1v) is 6.89. The first-order chi connectivity index (χ1) is 8.32. The van der Waals surface area contributed by atoms with Crippen molar-refractivity contribution in [3.8, 4) is 0 Å². The van der Waals surface area contributed by atoms with Crippen molar-refractivity contribution in [2.45, 2.75) is 19.9 Å². The Kier molecular flexibility index (Phi) is 5.41. The summed E-state index contributed by atoms with van der Waals surface area (Å²) < 4.78 is 2.94. The predicted octanol–water partition coefficient (Wildman–Crippen LogP) is 2.47. The lowest BCUT2D eigenvalue weighted by Gasteiger charge is -2.21. The van der Waals surface area contributed by atoms with Crippen LogP contribution in [0.5, 0.6) is 0 Å². The van der Waals surface area contributed by atoms with Crippen LogP contribution >= 0.6 is 15.9 Å². The molecule has 0 aliphatic heterocycles. The van der Waals surface area contributed by atoms with Crippen LogP contribution in [0.4, 0.5) is 0 Å². The van der Waals surface area contributed by atoms with Gasteiger partial charge in [-0.25, -0.2) is 0 Å². The van der Waals surface area contributed by atoms with Gasteiger partial charge in [-0.1, -0.05) is 0 Å². The number of amides is 1. The quantitative estimate of drug-likeness (QED) is 0.835. The Hall–Kier alpha value is -0.810. The van der Waals surface area contributed by atoms with Crippen molar-refractivity contribution < 1.29 is 4.79 Å². The van der Waals surface area contributed by atoms with Crippen LogP contribution in [0.25, 0.3) is 0 Å². The summed E-state index contributed by atoms with van der Waals surface area (Å²) in [6, 6.07) is 2.16. The fraction of sp³-hybridized carbons (Fsp3) is 0.615. The maximum Gasteiger partial charge on any atom is 0.270 e. The fourth-order valence-electron chi connectivity index (χ4n) is 1.69. The normalized spacial score (nSPS) is 11.3. The molecule has 0 aliphatic carbocycles. The van der Waals surface area contributed by atoms with Gasteiger partial charge in [-0.2, -0.15) is 0 Å². The highest BCUT2D eigenvalue weighted by atomic mass is 79.9. The van der Waals surface area contributed by atoms with Crippen molar-refractivity contribution in [2.75, 3.05) is 34.2 Å². The largest absolute Gasteiger partial charge is 0.340 e. The van der Waals surface area contributed by atoms with Crippen LogP contribution in [-0.2, 0) is 0 Å². The fourth-order valence-corrected chi connectivity index (χ4v) is 2.13. The molecular formula is C13H22BrN3O. The van der Waals surface area contributed by atoms with E-state index in [1.54, 1.807) is 4.90 Å². The van der Waals surface area contributed by atoms with Crippen LogP contribution in [-0.4, -0.2) is 54.5 Å². The molecule has 0 spiro atoms. The highest BCUT2D eigenvalue weighted by molar-refractivity contribution is 9.10. The van der Waals surface area contributed by atoms with Gasteiger partial charge in [0, 0.05) is 36.8 Å². The number of rotatable bonds is 5. The van der Waals surface area contributed by atoms with Crippen LogP contribution in [0.15, 0.2) is 16.7 Å². The second kappa shape index (κ2) is 6.38. The van der Waals surface area contributed by atoms with E-state index in [1.807, 2.05) is 38.0 Å². The first-order valence-electron chi connectivity index (χ1n) is 6.10. The van der Waals surface area contributed by atoms with Crippen molar-refractivity contribution in [1.29, 1.82) is 0 Å². The summed E-state index contributed by atoms with van der Waals surface area (Å²) in [5, 5.41) is 0. The number of likely N-dealkylation sites (N-methyl/N-ethyl adjacent to an activating group) is 2. The summed E-state index contributed by atoms with van der Waals surface area (Å²) in [4.78, 5) is 16.2. The number of halogens is 1. The summed E-state index contributed by atoms with van der Waals surface area (Å²) in [6.07, 6.45) is 1.96. The van der Waals surface area contributed by atoms with E-state index in [4.69, 9.17) is 0 Å². The zero-order chi connectivity index (χ0) is 13.9. The van der Waals surface area contributed by atoms with Gasteiger partial charge >= 0.3 is 0 Å².